The highest BCUT2D eigenvalue weighted by Crippen LogP contribution is 2.37. The molecule has 0 aliphatic carbocycles. The Labute approximate surface area is 184 Å². The summed E-state index contributed by atoms with van der Waals surface area (Å²) in [4.78, 5) is 25.9. The summed E-state index contributed by atoms with van der Waals surface area (Å²) in [7, 11) is 1.14. The standard InChI is InChI=1S/C23H15F2N3O3S/c1-31-23(30)19-18(13-7-3-5-9-16(13)25)14(11-26)20(27)28-21(29)17(32-22(19)28)10-12-6-2-4-8-15(12)24/h2-10,18H,27H2,1H3/b17-10+. The van der Waals surface area contributed by atoms with Gasteiger partial charge in [-0.05, 0) is 18.2 Å². The molecular formula is C23H15F2N3O3S. The number of benzene rings is 2. The SMILES string of the molecule is COC(=O)C1=c2s/c(=C/c3ccccc3F)c(=O)n2C(N)=C(C#N)C1c1ccccc1F. The molecule has 1 aromatic heterocycles. The molecule has 1 unspecified atom stereocenters. The van der Waals surface area contributed by atoms with Crippen LogP contribution < -0.4 is 20.5 Å². The lowest BCUT2D eigenvalue weighted by atomic mass is 9.83. The number of nitrogens with zero attached hydrogens (tertiary/aromatic N) is 2. The first-order chi connectivity index (χ1) is 15.4. The summed E-state index contributed by atoms with van der Waals surface area (Å²) in [5.41, 5.74) is 5.48. The van der Waals surface area contributed by atoms with Crippen molar-refractivity contribution >= 4 is 34.8 Å². The van der Waals surface area contributed by atoms with Crippen molar-refractivity contribution < 1.29 is 18.3 Å². The van der Waals surface area contributed by atoms with Gasteiger partial charge in [0.25, 0.3) is 5.56 Å². The first kappa shape index (κ1) is 21.2. The molecule has 0 amide bonds. The normalized spacial score (nSPS) is 16.0. The smallest absolute Gasteiger partial charge is 0.337 e. The Balaban J connectivity index is 2.15. The topological polar surface area (TPSA) is 98.1 Å². The van der Waals surface area contributed by atoms with Crippen molar-refractivity contribution in [2.45, 2.75) is 5.92 Å². The molecule has 32 heavy (non-hydrogen) atoms. The van der Waals surface area contributed by atoms with Gasteiger partial charge in [-0.2, -0.15) is 5.26 Å². The van der Waals surface area contributed by atoms with Gasteiger partial charge in [-0.15, -0.1) is 11.3 Å². The Kier molecular flexibility index (Phi) is 5.47. The van der Waals surface area contributed by atoms with E-state index in [-0.39, 0.29) is 37.3 Å². The molecule has 3 aromatic rings. The highest BCUT2D eigenvalue weighted by Gasteiger charge is 2.37. The quantitative estimate of drug-likeness (QED) is 0.613. The molecule has 0 radical (unpaired) electrons. The number of methoxy groups -OCH3 is 1. The van der Waals surface area contributed by atoms with Crippen molar-refractivity contribution in [3.63, 3.8) is 0 Å². The Morgan fingerprint density at radius 3 is 2.47 bits per heavy atom. The van der Waals surface area contributed by atoms with Crippen molar-refractivity contribution in [2.24, 2.45) is 5.73 Å². The molecule has 1 aliphatic heterocycles. The molecule has 9 heteroatoms. The van der Waals surface area contributed by atoms with Crippen LogP contribution in [-0.4, -0.2) is 17.6 Å². The van der Waals surface area contributed by atoms with Crippen LogP contribution in [0.1, 0.15) is 17.0 Å². The summed E-state index contributed by atoms with van der Waals surface area (Å²) < 4.78 is 34.9. The maximum atomic E-state index is 14.7. The maximum absolute atomic E-state index is 14.7. The number of aromatic nitrogens is 1. The first-order valence-corrected chi connectivity index (χ1v) is 10.2. The van der Waals surface area contributed by atoms with Crippen LogP contribution in [0.4, 0.5) is 8.78 Å². The van der Waals surface area contributed by atoms with E-state index in [0.717, 1.165) is 23.0 Å². The van der Waals surface area contributed by atoms with Crippen LogP contribution in [0.3, 0.4) is 0 Å². The molecule has 0 spiro atoms. The number of nitriles is 1. The molecule has 0 bridgehead atoms. The number of allylic oxidation sites excluding steroid dienone is 1. The Bertz CT molecular complexity index is 1510. The van der Waals surface area contributed by atoms with E-state index in [4.69, 9.17) is 10.5 Å². The number of ether oxygens (including phenoxy) is 1. The average Bonchev–Trinajstić information content (AvgIpc) is 3.11. The second-order valence-electron chi connectivity index (χ2n) is 6.85. The number of nitrogens with two attached hydrogens (primary N) is 1. The summed E-state index contributed by atoms with van der Waals surface area (Å²) in [6.45, 7) is 0. The Morgan fingerprint density at radius 1 is 1.19 bits per heavy atom. The van der Waals surface area contributed by atoms with Gasteiger partial charge in [0.15, 0.2) is 0 Å². The van der Waals surface area contributed by atoms with E-state index in [9.17, 15) is 23.6 Å². The van der Waals surface area contributed by atoms with Crippen LogP contribution in [0.5, 0.6) is 0 Å². The fraction of sp³-hybridized carbons (Fsp3) is 0.0870. The molecule has 2 N–H and O–H groups in total. The van der Waals surface area contributed by atoms with E-state index < -0.39 is 29.1 Å². The third-order valence-electron chi connectivity index (χ3n) is 5.08. The van der Waals surface area contributed by atoms with Gasteiger partial charge in [-0.1, -0.05) is 36.4 Å². The fourth-order valence-electron chi connectivity index (χ4n) is 3.61. The molecule has 1 atom stereocenters. The number of fused-ring (bicyclic) bond motifs is 1. The monoisotopic (exact) mass is 451 g/mol. The van der Waals surface area contributed by atoms with Gasteiger partial charge in [-0.3, -0.25) is 9.36 Å². The van der Waals surface area contributed by atoms with Crippen LogP contribution in [0.15, 0.2) is 58.9 Å². The minimum atomic E-state index is -1.17. The summed E-state index contributed by atoms with van der Waals surface area (Å²) in [6.07, 6.45) is 1.33. The lowest BCUT2D eigenvalue weighted by Gasteiger charge is -2.24. The van der Waals surface area contributed by atoms with Crippen molar-refractivity contribution in [3.8, 4) is 6.07 Å². The maximum Gasteiger partial charge on any atom is 0.337 e. The zero-order valence-electron chi connectivity index (χ0n) is 16.6. The lowest BCUT2D eigenvalue weighted by molar-refractivity contribution is -0.134. The molecule has 0 fully saturated rings. The Morgan fingerprint density at radius 2 is 1.84 bits per heavy atom. The van der Waals surface area contributed by atoms with Gasteiger partial charge in [0.1, 0.15) is 22.1 Å². The molecule has 0 saturated heterocycles. The summed E-state index contributed by atoms with van der Waals surface area (Å²) in [6, 6.07) is 13.4. The van der Waals surface area contributed by atoms with Gasteiger partial charge >= 0.3 is 5.97 Å². The van der Waals surface area contributed by atoms with Crippen LogP contribution in [0.2, 0.25) is 0 Å². The molecular weight excluding hydrogens is 436 g/mol. The van der Waals surface area contributed by atoms with Crippen molar-refractivity contribution in [1.29, 1.82) is 5.26 Å². The van der Waals surface area contributed by atoms with E-state index in [1.165, 1.54) is 42.5 Å². The molecule has 4 rings (SSSR count). The minimum absolute atomic E-state index is 0.0409. The molecule has 0 saturated carbocycles. The van der Waals surface area contributed by atoms with Crippen LogP contribution in [0, 0.1) is 23.0 Å². The highest BCUT2D eigenvalue weighted by molar-refractivity contribution is 7.07. The molecule has 160 valence electrons. The zero-order valence-corrected chi connectivity index (χ0v) is 17.5. The number of hydrogen-bond donors (Lipinski definition) is 1. The molecule has 2 heterocycles. The van der Waals surface area contributed by atoms with E-state index in [1.54, 1.807) is 12.1 Å². The molecule has 6 nitrogen and oxygen atoms in total. The van der Waals surface area contributed by atoms with Crippen molar-refractivity contribution in [3.05, 3.63) is 96.4 Å². The number of hydrogen-bond acceptors (Lipinski definition) is 6. The Hall–Kier alpha value is -4.03. The lowest BCUT2D eigenvalue weighted by Crippen LogP contribution is -2.40. The van der Waals surface area contributed by atoms with Crippen molar-refractivity contribution in [1.82, 2.24) is 4.57 Å². The second kappa shape index (κ2) is 8.24. The molecule has 1 aliphatic rings. The first-order valence-electron chi connectivity index (χ1n) is 9.34. The third-order valence-corrected chi connectivity index (χ3v) is 6.19. The average molecular weight is 451 g/mol. The van der Waals surface area contributed by atoms with Crippen LogP contribution in [0.25, 0.3) is 17.5 Å². The van der Waals surface area contributed by atoms with Crippen LogP contribution >= 0.6 is 11.3 Å². The third kappa shape index (κ3) is 3.31. The van der Waals surface area contributed by atoms with Crippen molar-refractivity contribution in [2.75, 3.05) is 7.11 Å². The number of halogens is 2. The van der Waals surface area contributed by atoms with Crippen LogP contribution in [-0.2, 0) is 9.53 Å². The van der Waals surface area contributed by atoms with Gasteiger partial charge in [-0.25, -0.2) is 13.6 Å². The van der Waals surface area contributed by atoms with E-state index >= 15 is 0 Å². The van der Waals surface area contributed by atoms with Gasteiger partial charge in [0, 0.05) is 11.1 Å². The largest absolute Gasteiger partial charge is 0.466 e. The van der Waals surface area contributed by atoms with Gasteiger partial charge in [0.05, 0.1) is 34.8 Å². The number of esters is 1. The van der Waals surface area contributed by atoms with Gasteiger partial charge < -0.3 is 10.5 Å². The number of thiazole rings is 1. The van der Waals surface area contributed by atoms with E-state index in [1.807, 2.05) is 6.07 Å². The van der Waals surface area contributed by atoms with E-state index in [2.05, 4.69) is 0 Å². The minimum Gasteiger partial charge on any atom is -0.466 e. The summed E-state index contributed by atoms with van der Waals surface area (Å²) >= 11 is 0.882. The number of carbonyl (C=O) groups is 1. The number of carbonyl (C=O) groups excluding carboxylic acids is 1. The zero-order chi connectivity index (χ0) is 23.0. The number of rotatable bonds is 3. The summed E-state index contributed by atoms with van der Waals surface area (Å²) in [5, 5.41) is 9.81. The summed E-state index contributed by atoms with van der Waals surface area (Å²) in [5.74, 6) is -3.42. The van der Waals surface area contributed by atoms with Gasteiger partial charge in [0.2, 0.25) is 0 Å². The highest BCUT2D eigenvalue weighted by atomic mass is 32.1. The predicted octanol–water partition coefficient (Wildman–Crippen LogP) is 1.79. The van der Waals surface area contributed by atoms with E-state index in [0.29, 0.717) is 0 Å². The molecule has 2 aromatic carbocycles. The fourth-order valence-corrected chi connectivity index (χ4v) is 4.76. The predicted molar refractivity (Wildman–Crippen MR) is 115 cm³/mol. The second-order valence-corrected chi connectivity index (χ2v) is 7.88.